The Hall–Kier alpha value is -0.950. The Kier molecular flexibility index (Phi) is 9.49. The van der Waals surface area contributed by atoms with Crippen molar-refractivity contribution in [3.05, 3.63) is 0 Å². The van der Waals surface area contributed by atoms with Gasteiger partial charge in [-0.1, -0.05) is 13.3 Å². The fraction of sp³-hybridized carbons (Fsp3) is 0.818. The third-order valence-corrected chi connectivity index (χ3v) is 3.65. The molecule has 0 amide bonds. The summed E-state index contributed by atoms with van der Waals surface area (Å²) in [6.45, 7) is 4.35. The van der Waals surface area contributed by atoms with Gasteiger partial charge >= 0.3 is 11.9 Å². The minimum Gasteiger partial charge on any atom is -0.480 e. The van der Waals surface area contributed by atoms with Crippen LogP contribution in [0.2, 0.25) is 0 Å². The molecule has 0 aromatic carbocycles. The number of carboxylic acid groups (broad SMARTS) is 1. The number of carbonyl (C=O) groups is 2. The third-order valence-electron chi connectivity index (χ3n) is 2.14. The Morgan fingerprint density at radius 1 is 1.28 bits per heavy atom. The predicted molar refractivity (Wildman–Crippen MR) is 66.8 cm³/mol. The van der Waals surface area contributed by atoms with Crippen molar-refractivity contribution >= 4 is 22.7 Å². The molecule has 0 bridgehead atoms. The average molecular weight is 280 g/mol. The monoisotopic (exact) mass is 280 g/mol. The van der Waals surface area contributed by atoms with Crippen LogP contribution in [0.4, 0.5) is 0 Å². The highest BCUT2D eigenvalue weighted by atomic mass is 32.2. The van der Waals surface area contributed by atoms with Crippen molar-refractivity contribution < 1.29 is 28.4 Å². The smallest absolute Gasteiger partial charge is 0.318 e. The van der Waals surface area contributed by atoms with Gasteiger partial charge in [0.1, 0.15) is 17.6 Å². The standard InChI is InChI=1S/C11H20O6S/c1-3-4-5-16-6-7-17-10(12)8-18(15)9(2)11(13)14/h9H,3-8H2,1-2H3,(H,13,14). The molecule has 0 spiro atoms. The lowest BCUT2D eigenvalue weighted by atomic mass is 10.4. The first kappa shape index (κ1) is 17.1. The van der Waals surface area contributed by atoms with Gasteiger partial charge in [0.2, 0.25) is 0 Å². The van der Waals surface area contributed by atoms with E-state index in [1.165, 1.54) is 6.92 Å². The van der Waals surface area contributed by atoms with E-state index in [1.54, 1.807) is 0 Å². The van der Waals surface area contributed by atoms with E-state index in [-0.39, 0.29) is 6.61 Å². The van der Waals surface area contributed by atoms with Crippen LogP contribution in [0.1, 0.15) is 26.7 Å². The largest absolute Gasteiger partial charge is 0.480 e. The lowest BCUT2D eigenvalue weighted by Crippen LogP contribution is -2.28. The van der Waals surface area contributed by atoms with Crippen LogP contribution in [0.5, 0.6) is 0 Å². The van der Waals surface area contributed by atoms with Gasteiger partial charge in [0, 0.05) is 17.4 Å². The first-order valence-electron chi connectivity index (χ1n) is 5.82. The van der Waals surface area contributed by atoms with E-state index in [4.69, 9.17) is 14.6 Å². The normalized spacial score (nSPS) is 13.9. The van der Waals surface area contributed by atoms with Crippen molar-refractivity contribution in [2.24, 2.45) is 0 Å². The molecule has 0 saturated carbocycles. The fourth-order valence-electron chi connectivity index (χ4n) is 0.958. The predicted octanol–water partition coefficient (Wildman–Crippen LogP) is 0.568. The van der Waals surface area contributed by atoms with Crippen molar-refractivity contribution in [3.8, 4) is 0 Å². The topological polar surface area (TPSA) is 89.9 Å². The minimum absolute atomic E-state index is 0.0984. The Labute approximate surface area is 109 Å². The molecule has 18 heavy (non-hydrogen) atoms. The van der Waals surface area contributed by atoms with Crippen LogP contribution in [0.25, 0.3) is 0 Å². The zero-order valence-corrected chi connectivity index (χ0v) is 11.5. The number of unbranched alkanes of at least 4 members (excludes halogenated alkanes) is 1. The SMILES string of the molecule is CCCCOCCOC(=O)CS(=O)C(C)C(=O)O. The van der Waals surface area contributed by atoms with Crippen LogP contribution in [0, 0.1) is 0 Å². The number of rotatable bonds is 10. The molecule has 0 aliphatic heterocycles. The summed E-state index contributed by atoms with van der Waals surface area (Å²) in [5, 5.41) is 7.53. The molecule has 0 aliphatic carbocycles. The summed E-state index contributed by atoms with van der Waals surface area (Å²) in [7, 11) is -1.75. The Morgan fingerprint density at radius 2 is 1.94 bits per heavy atom. The van der Waals surface area contributed by atoms with E-state index in [2.05, 4.69) is 0 Å². The van der Waals surface area contributed by atoms with E-state index in [0.717, 1.165) is 12.8 Å². The van der Waals surface area contributed by atoms with E-state index >= 15 is 0 Å². The van der Waals surface area contributed by atoms with Crippen LogP contribution in [0.15, 0.2) is 0 Å². The molecule has 6 nitrogen and oxygen atoms in total. The van der Waals surface area contributed by atoms with Crippen LogP contribution >= 0.6 is 0 Å². The van der Waals surface area contributed by atoms with E-state index < -0.39 is 33.7 Å². The number of hydrogen-bond donors (Lipinski definition) is 1. The Morgan fingerprint density at radius 3 is 2.50 bits per heavy atom. The molecule has 0 saturated heterocycles. The molecule has 0 aromatic rings. The summed E-state index contributed by atoms with van der Waals surface area (Å²) in [6.07, 6.45) is 1.99. The van der Waals surface area contributed by atoms with Gasteiger partial charge in [-0.15, -0.1) is 0 Å². The van der Waals surface area contributed by atoms with Crippen molar-refractivity contribution in [1.82, 2.24) is 0 Å². The molecule has 0 rings (SSSR count). The van der Waals surface area contributed by atoms with E-state index in [0.29, 0.717) is 13.2 Å². The highest BCUT2D eigenvalue weighted by Gasteiger charge is 2.21. The van der Waals surface area contributed by atoms with Gasteiger partial charge in [-0.05, 0) is 13.3 Å². The molecule has 1 N–H and O–H groups in total. The second-order valence-electron chi connectivity index (χ2n) is 3.69. The Bertz CT molecular complexity index is 291. The highest BCUT2D eigenvalue weighted by molar-refractivity contribution is 7.87. The summed E-state index contributed by atoms with van der Waals surface area (Å²) in [5.74, 6) is -2.26. The minimum atomic E-state index is -1.75. The lowest BCUT2D eigenvalue weighted by molar-refractivity contribution is -0.142. The van der Waals surface area contributed by atoms with E-state index in [1.807, 2.05) is 6.92 Å². The van der Waals surface area contributed by atoms with Gasteiger partial charge in [0.25, 0.3) is 0 Å². The summed E-state index contributed by atoms with van der Waals surface area (Å²) in [5.41, 5.74) is 0. The number of carboxylic acids is 1. The van der Waals surface area contributed by atoms with Gasteiger partial charge in [0.05, 0.1) is 6.61 Å². The number of esters is 1. The first-order chi connectivity index (χ1) is 8.49. The molecule has 106 valence electrons. The van der Waals surface area contributed by atoms with Crippen molar-refractivity contribution in [2.45, 2.75) is 31.9 Å². The molecule has 0 aromatic heterocycles. The van der Waals surface area contributed by atoms with Gasteiger partial charge in [-0.25, -0.2) is 0 Å². The molecule has 7 heteroatoms. The first-order valence-corrected chi connectivity index (χ1v) is 7.20. The van der Waals surface area contributed by atoms with Crippen LogP contribution in [-0.2, 0) is 29.9 Å². The van der Waals surface area contributed by atoms with Crippen molar-refractivity contribution in [1.29, 1.82) is 0 Å². The number of hydrogen-bond acceptors (Lipinski definition) is 5. The summed E-state index contributed by atoms with van der Waals surface area (Å²) >= 11 is 0. The molecule has 0 heterocycles. The molecule has 0 fully saturated rings. The zero-order chi connectivity index (χ0) is 14.0. The van der Waals surface area contributed by atoms with Gasteiger partial charge in [-0.3, -0.25) is 13.8 Å². The second-order valence-corrected chi connectivity index (χ2v) is 5.45. The van der Waals surface area contributed by atoms with Crippen LogP contribution in [0.3, 0.4) is 0 Å². The maximum absolute atomic E-state index is 11.4. The lowest BCUT2D eigenvalue weighted by Gasteiger charge is -2.07. The maximum Gasteiger partial charge on any atom is 0.318 e. The molecular weight excluding hydrogens is 260 g/mol. The summed E-state index contributed by atoms with van der Waals surface area (Å²) in [4.78, 5) is 21.7. The molecular formula is C11H20O6S. The maximum atomic E-state index is 11.4. The molecule has 0 radical (unpaired) electrons. The number of carbonyl (C=O) groups excluding carboxylic acids is 1. The van der Waals surface area contributed by atoms with Gasteiger partial charge in [-0.2, -0.15) is 0 Å². The van der Waals surface area contributed by atoms with Crippen molar-refractivity contribution in [2.75, 3.05) is 25.6 Å². The molecule has 2 unspecified atom stereocenters. The second kappa shape index (κ2) is 10.0. The number of aliphatic carboxylic acids is 1. The summed E-state index contributed by atoms with van der Waals surface area (Å²) < 4.78 is 21.3. The summed E-state index contributed by atoms with van der Waals surface area (Å²) in [6, 6.07) is 0. The van der Waals surface area contributed by atoms with Crippen molar-refractivity contribution in [3.63, 3.8) is 0 Å². The van der Waals surface area contributed by atoms with Gasteiger partial charge < -0.3 is 14.6 Å². The van der Waals surface area contributed by atoms with E-state index in [9.17, 15) is 13.8 Å². The average Bonchev–Trinajstić information content (AvgIpc) is 2.32. The van der Waals surface area contributed by atoms with Gasteiger partial charge in [0.15, 0.2) is 0 Å². The highest BCUT2D eigenvalue weighted by Crippen LogP contribution is 1.97. The third kappa shape index (κ3) is 8.19. The fourth-order valence-corrected chi connectivity index (χ4v) is 1.75. The molecule has 2 atom stereocenters. The molecule has 0 aliphatic rings. The van der Waals surface area contributed by atoms with Crippen LogP contribution in [-0.4, -0.2) is 52.1 Å². The zero-order valence-electron chi connectivity index (χ0n) is 10.7. The quantitative estimate of drug-likeness (QED) is 0.465. The Balaban J connectivity index is 3.65. The van der Waals surface area contributed by atoms with Crippen LogP contribution < -0.4 is 0 Å². The number of ether oxygens (including phenoxy) is 2.